The average Bonchev–Trinajstić information content (AvgIpc) is 3.11. The predicted octanol–water partition coefficient (Wildman–Crippen LogP) is 2.87. The van der Waals surface area contributed by atoms with Gasteiger partial charge in [-0.3, -0.25) is 0 Å². The van der Waals surface area contributed by atoms with Gasteiger partial charge in [-0.05, 0) is 24.8 Å². The SMILES string of the molecule is c1ccc(CCNc2cn(C3CC3)cn2)cc1. The molecule has 1 aliphatic rings. The summed E-state index contributed by atoms with van der Waals surface area (Å²) < 4.78 is 2.21. The molecule has 0 aliphatic heterocycles. The number of rotatable bonds is 5. The van der Waals surface area contributed by atoms with Crippen molar-refractivity contribution in [2.24, 2.45) is 0 Å². The normalized spacial score (nSPS) is 14.8. The van der Waals surface area contributed by atoms with Crippen molar-refractivity contribution in [3.63, 3.8) is 0 Å². The Morgan fingerprint density at radius 3 is 2.82 bits per heavy atom. The van der Waals surface area contributed by atoms with Crippen LogP contribution in [0.5, 0.6) is 0 Å². The van der Waals surface area contributed by atoms with Crippen LogP contribution in [0.2, 0.25) is 0 Å². The zero-order valence-electron chi connectivity index (χ0n) is 9.84. The second-order valence-corrected chi connectivity index (χ2v) is 4.60. The van der Waals surface area contributed by atoms with Gasteiger partial charge in [0.05, 0.1) is 6.33 Å². The van der Waals surface area contributed by atoms with Crippen LogP contribution >= 0.6 is 0 Å². The molecule has 0 unspecified atom stereocenters. The molecule has 1 aromatic carbocycles. The van der Waals surface area contributed by atoms with Gasteiger partial charge in [0.1, 0.15) is 5.82 Å². The van der Waals surface area contributed by atoms with Crippen molar-refractivity contribution >= 4 is 5.82 Å². The zero-order chi connectivity index (χ0) is 11.5. The molecule has 0 spiro atoms. The summed E-state index contributed by atoms with van der Waals surface area (Å²) in [6.07, 6.45) is 7.70. The summed E-state index contributed by atoms with van der Waals surface area (Å²) >= 11 is 0. The summed E-state index contributed by atoms with van der Waals surface area (Å²) in [6, 6.07) is 11.2. The summed E-state index contributed by atoms with van der Waals surface area (Å²) in [5.74, 6) is 0.993. The molecule has 3 nitrogen and oxygen atoms in total. The fourth-order valence-corrected chi connectivity index (χ4v) is 1.98. The van der Waals surface area contributed by atoms with E-state index in [0.29, 0.717) is 6.04 Å². The first kappa shape index (κ1) is 10.4. The van der Waals surface area contributed by atoms with Crippen LogP contribution < -0.4 is 5.32 Å². The van der Waals surface area contributed by atoms with E-state index in [0.717, 1.165) is 18.8 Å². The maximum Gasteiger partial charge on any atom is 0.144 e. The van der Waals surface area contributed by atoms with Crippen molar-refractivity contribution < 1.29 is 0 Å². The number of hydrogen-bond acceptors (Lipinski definition) is 2. The summed E-state index contributed by atoms with van der Waals surface area (Å²) in [7, 11) is 0. The molecule has 0 bridgehead atoms. The third-order valence-electron chi connectivity index (χ3n) is 3.13. The number of benzene rings is 1. The van der Waals surface area contributed by atoms with Crippen molar-refractivity contribution in [3.8, 4) is 0 Å². The smallest absolute Gasteiger partial charge is 0.144 e. The molecule has 1 heterocycles. The highest BCUT2D eigenvalue weighted by molar-refractivity contribution is 5.32. The molecule has 1 saturated carbocycles. The lowest BCUT2D eigenvalue weighted by Gasteiger charge is -2.02. The van der Waals surface area contributed by atoms with Gasteiger partial charge in [-0.25, -0.2) is 4.98 Å². The van der Waals surface area contributed by atoms with Crippen molar-refractivity contribution in [1.29, 1.82) is 0 Å². The van der Waals surface area contributed by atoms with Gasteiger partial charge in [0.15, 0.2) is 0 Å². The monoisotopic (exact) mass is 227 g/mol. The van der Waals surface area contributed by atoms with E-state index in [1.165, 1.54) is 18.4 Å². The standard InChI is InChI=1S/C14H17N3/c1-2-4-12(5-3-1)8-9-15-14-10-17(11-16-14)13-6-7-13/h1-5,10-11,13,15H,6-9H2. The molecule has 3 rings (SSSR count). The molecule has 1 aliphatic carbocycles. The number of anilines is 1. The maximum atomic E-state index is 4.36. The van der Waals surface area contributed by atoms with E-state index in [-0.39, 0.29) is 0 Å². The molecule has 0 atom stereocenters. The van der Waals surface area contributed by atoms with Gasteiger partial charge in [-0.1, -0.05) is 30.3 Å². The molecule has 0 radical (unpaired) electrons. The van der Waals surface area contributed by atoms with Crippen LogP contribution in [0, 0.1) is 0 Å². The lowest BCUT2D eigenvalue weighted by molar-refractivity contribution is 0.740. The van der Waals surface area contributed by atoms with Crippen molar-refractivity contribution in [2.45, 2.75) is 25.3 Å². The Bertz CT molecular complexity index is 471. The van der Waals surface area contributed by atoms with Crippen LogP contribution in [-0.4, -0.2) is 16.1 Å². The largest absolute Gasteiger partial charge is 0.368 e. The van der Waals surface area contributed by atoms with Crippen LogP contribution in [0.25, 0.3) is 0 Å². The van der Waals surface area contributed by atoms with Crippen molar-refractivity contribution in [3.05, 3.63) is 48.4 Å². The van der Waals surface area contributed by atoms with Crippen LogP contribution in [0.4, 0.5) is 5.82 Å². The molecule has 1 N–H and O–H groups in total. The van der Waals surface area contributed by atoms with Gasteiger partial charge in [0.25, 0.3) is 0 Å². The number of nitrogens with zero attached hydrogens (tertiary/aromatic N) is 2. The Morgan fingerprint density at radius 2 is 2.06 bits per heavy atom. The van der Waals surface area contributed by atoms with Gasteiger partial charge in [0, 0.05) is 18.8 Å². The highest BCUT2D eigenvalue weighted by Crippen LogP contribution is 2.34. The van der Waals surface area contributed by atoms with Crippen LogP contribution in [0.15, 0.2) is 42.9 Å². The summed E-state index contributed by atoms with van der Waals surface area (Å²) in [6.45, 7) is 0.936. The van der Waals surface area contributed by atoms with E-state index in [1.54, 1.807) is 0 Å². The number of hydrogen-bond donors (Lipinski definition) is 1. The highest BCUT2D eigenvalue weighted by Gasteiger charge is 2.23. The first-order valence-corrected chi connectivity index (χ1v) is 6.23. The fourth-order valence-electron chi connectivity index (χ4n) is 1.98. The molecular weight excluding hydrogens is 210 g/mol. The second-order valence-electron chi connectivity index (χ2n) is 4.60. The lowest BCUT2D eigenvalue weighted by Crippen LogP contribution is -2.04. The third kappa shape index (κ3) is 2.67. The van der Waals surface area contributed by atoms with Gasteiger partial charge < -0.3 is 9.88 Å². The van der Waals surface area contributed by atoms with Crippen molar-refractivity contribution in [1.82, 2.24) is 9.55 Å². The number of imidazole rings is 1. The number of nitrogens with one attached hydrogen (secondary N) is 1. The average molecular weight is 227 g/mol. The molecule has 88 valence electrons. The molecule has 2 aromatic rings. The van der Waals surface area contributed by atoms with Crippen LogP contribution in [0.1, 0.15) is 24.4 Å². The predicted molar refractivity (Wildman–Crippen MR) is 69.1 cm³/mol. The highest BCUT2D eigenvalue weighted by atomic mass is 15.1. The minimum atomic E-state index is 0.715. The molecule has 0 saturated heterocycles. The molecule has 17 heavy (non-hydrogen) atoms. The van der Waals surface area contributed by atoms with E-state index in [2.05, 4.69) is 45.3 Å². The van der Waals surface area contributed by atoms with Gasteiger partial charge in [0.2, 0.25) is 0 Å². The summed E-state index contributed by atoms with van der Waals surface area (Å²) in [5, 5.41) is 3.36. The van der Waals surface area contributed by atoms with Gasteiger partial charge in [-0.2, -0.15) is 0 Å². The maximum absolute atomic E-state index is 4.36. The Morgan fingerprint density at radius 1 is 1.24 bits per heavy atom. The van der Waals surface area contributed by atoms with Crippen LogP contribution in [0.3, 0.4) is 0 Å². The Labute approximate surface area is 101 Å². The Balaban J connectivity index is 1.50. The topological polar surface area (TPSA) is 29.9 Å². The third-order valence-corrected chi connectivity index (χ3v) is 3.13. The van der Waals surface area contributed by atoms with Crippen LogP contribution in [-0.2, 0) is 6.42 Å². The Kier molecular flexibility index (Phi) is 2.82. The molecule has 3 heteroatoms. The van der Waals surface area contributed by atoms with E-state index in [4.69, 9.17) is 0 Å². The Hall–Kier alpha value is -1.77. The molecular formula is C14H17N3. The lowest BCUT2D eigenvalue weighted by atomic mass is 10.1. The molecule has 1 fully saturated rings. The minimum Gasteiger partial charge on any atom is -0.368 e. The summed E-state index contributed by atoms with van der Waals surface area (Å²) in [4.78, 5) is 4.36. The first-order valence-electron chi connectivity index (χ1n) is 6.23. The van der Waals surface area contributed by atoms with E-state index < -0.39 is 0 Å². The fraction of sp³-hybridized carbons (Fsp3) is 0.357. The first-order chi connectivity index (χ1) is 8.42. The quantitative estimate of drug-likeness (QED) is 0.851. The second kappa shape index (κ2) is 4.62. The van der Waals surface area contributed by atoms with E-state index in [1.807, 2.05) is 12.4 Å². The number of aromatic nitrogens is 2. The van der Waals surface area contributed by atoms with Crippen molar-refractivity contribution in [2.75, 3.05) is 11.9 Å². The van der Waals surface area contributed by atoms with E-state index >= 15 is 0 Å². The van der Waals surface area contributed by atoms with E-state index in [9.17, 15) is 0 Å². The van der Waals surface area contributed by atoms with Gasteiger partial charge in [-0.15, -0.1) is 0 Å². The zero-order valence-corrected chi connectivity index (χ0v) is 9.84. The molecule has 0 amide bonds. The van der Waals surface area contributed by atoms with Gasteiger partial charge >= 0.3 is 0 Å². The minimum absolute atomic E-state index is 0.715. The molecule has 1 aromatic heterocycles. The summed E-state index contributed by atoms with van der Waals surface area (Å²) in [5.41, 5.74) is 1.36.